The van der Waals surface area contributed by atoms with E-state index in [1.807, 2.05) is 4.90 Å². The third-order valence-electron chi connectivity index (χ3n) is 3.33. The van der Waals surface area contributed by atoms with Crippen LogP contribution in [-0.4, -0.2) is 60.9 Å². The zero-order valence-electron chi connectivity index (χ0n) is 9.52. The van der Waals surface area contributed by atoms with Crippen LogP contribution in [0.4, 0.5) is 0 Å². The normalized spacial score (nSPS) is 30.7. The number of carbonyl (C=O) groups excluding carboxylic acids is 1. The molecule has 2 rings (SSSR count). The SMILES string of the molecule is O=C(CC1COCCN1)N1CCC[C@@H]1CO. The van der Waals surface area contributed by atoms with Gasteiger partial charge in [-0.2, -0.15) is 0 Å². The van der Waals surface area contributed by atoms with E-state index in [-0.39, 0.29) is 24.6 Å². The van der Waals surface area contributed by atoms with Gasteiger partial charge >= 0.3 is 0 Å². The molecule has 0 aromatic rings. The Bertz CT molecular complexity index is 241. The predicted molar refractivity (Wildman–Crippen MR) is 59.0 cm³/mol. The highest BCUT2D eigenvalue weighted by Gasteiger charge is 2.29. The molecule has 1 amide bonds. The van der Waals surface area contributed by atoms with E-state index >= 15 is 0 Å². The van der Waals surface area contributed by atoms with Crippen molar-refractivity contribution in [2.24, 2.45) is 0 Å². The number of nitrogens with one attached hydrogen (secondary N) is 1. The van der Waals surface area contributed by atoms with Crippen molar-refractivity contribution in [3.63, 3.8) is 0 Å². The minimum Gasteiger partial charge on any atom is -0.394 e. The summed E-state index contributed by atoms with van der Waals surface area (Å²) in [4.78, 5) is 13.8. The van der Waals surface area contributed by atoms with Crippen LogP contribution in [0, 0.1) is 0 Å². The standard InChI is InChI=1S/C11H20N2O3/c14-7-10-2-1-4-13(10)11(15)6-9-8-16-5-3-12-9/h9-10,12,14H,1-8H2/t9?,10-/m1/s1. The van der Waals surface area contributed by atoms with Gasteiger partial charge < -0.3 is 20.1 Å². The van der Waals surface area contributed by atoms with Gasteiger partial charge in [0.25, 0.3) is 0 Å². The van der Waals surface area contributed by atoms with Crippen LogP contribution in [0.5, 0.6) is 0 Å². The molecule has 2 fully saturated rings. The van der Waals surface area contributed by atoms with Gasteiger partial charge in [-0.15, -0.1) is 0 Å². The second-order valence-corrected chi connectivity index (χ2v) is 4.50. The van der Waals surface area contributed by atoms with Gasteiger partial charge in [-0.3, -0.25) is 4.79 Å². The van der Waals surface area contributed by atoms with Crippen molar-refractivity contribution in [2.45, 2.75) is 31.3 Å². The Morgan fingerprint density at radius 1 is 1.56 bits per heavy atom. The fraction of sp³-hybridized carbons (Fsp3) is 0.909. The number of hydrogen-bond donors (Lipinski definition) is 2. The molecule has 0 radical (unpaired) electrons. The average Bonchev–Trinajstić information content (AvgIpc) is 2.78. The third-order valence-corrected chi connectivity index (χ3v) is 3.33. The van der Waals surface area contributed by atoms with Gasteiger partial charge in [0.1, 0.15) is 0 Å². The monoisotopic (exact) mass is 228 g/mol. The summed E-state index contributed by atoms with van der Waals surface area (Å²) in [5.74, 6) is 0.138. The van der Waals surface area contributed by atoms with Crippen molar-refractivity contribution in [3.8, 4) is 0 Å². The molecule has 0 bridgehead atoms. The Hall–Kier alpha value is -0.650. The Morgan fingerprint density at radius 2 is 2.44 bits per heavy atom. The first kappa shape index (κ1) is 11.8. The van der Waals surface area contributed by atoms with Gasteiger partial charge in [0, 0.05) is 25.6 Å². The molecule has 2 saturated heterocycles. The van der Waals surface area contributed by atoms with E-state index in [0.717, 1.165) is 32.5 Å². The lowest BCUT2D eigenvalue weighted by molar-refractivity contribution is -0.134. The molecule has 0 aliphatic carbocycles. The Balaban J connectivity index is 1.82. The first-order chi connectivity index (χ1) is 7.81. The summed E-state index contributed by atoms with van der Waals surface area (Å²) >= 11 is 0. The summed E-state index contributed by atoms with van der Waals surface area (Å²) in [6.45, 7) is 3.04. The zero-order chi connectivity index (χ0) is 11.4. The maximum absolute atomic E-state index is 12.0. The molecule has 2 aliphatic heterocycles. The van der Waals surface area contributed by atoms with Crippen molar-refractivity contribution in [2.75, 3.05) is 32.9 Å². The first-order valence-corrected chi connectivity index (χ1v) is 6.02. The molecule has 0 spiro atoms. The van der Waals surface area contributed by atoms with Crippen molar-refractivity contribution in [1.29, 1.82) is 0 Å². The van der Waals surface area contributed by atoms with Crippen molar-refractivity contribution < 1.29 is 14.6 Å². The summed E-state index contributed by atoms with van der Waals surface area (Å²) in [6.07, 6.45) is 2.42. The fourth-order valence-corrected chi connectivity index (χ4v) is 2.43. The highest BCUT2D eigenvalue weighted by molar-refractivity contribution is 5.77. The van der Waals surface area contributed by atoms with Gasteiger partial charge in [-0.05, 0) is 12.8 Å². The van der Waals surface area contributed by atoms with Gasteiger partial charge in [-0.25, -0.2) is 0 Å². The van der Waals surface area contributed by atoms with Crippen LogP contribution in [0.1, 0.15) is 19.3 Å². The van der Waals surface area contributed by atoms with E-state index in [1.165, 1.54) is 0 Å². The van der Waals surface area contributed by atoms with Gasteiger partial charge in [0.15, 0.2) is 0 Å². The molecule has 5 nitrogen and oxygen atoms in total. The van der Waals surface area contributed by atoms with E-state index in [0.29, 0.717) is 13.0 Å². The van der Waals surface area contributed by atoms with E-state index < -0.39 is 0 Å². The first-order valence-electron chi connectivity index (χ1n) is 6.02. The van der Waals surface area contributed by atoms with E-state index in [2.05, 4.69) is 5.32 Å². The predicted octanol–water partition coefficient (Wildman–Crippen LogP) is -0.652. The number of ether oxygens (including phenoxy) is 1. The molecule has 5 heteroatoms. The second kappa shape index (κ2) is 5.61. The quantitative estimate of drug-likeness (QED) is 0.674. The zero-order valence-corrected chi connectivity index (χ0v) is 9.52. The molecular formula is C11H20N2O3. The molecule has 1 unspecified atom stereocenters. The summed E-state index contributed by atoms with van der Waals surface area (Å²) in [5, 5.41) is 12.4. The molecule has 0 aromatic carbocycles. The molecule has 0 aromatic heterocycles. The van der Waals surface area contributed by atoms with Gasteiger partial charge in [0.05, 0.1) is 25.9 Å². The van der Waals surface area contributed by atoms with Crippen molar-refractivity contribution in [3.05, 3.63) is 0 Å². The molecule has 92 valence electrons. The molecule has 2 heterocycles. The number of nitrogens with zero attached hydrogens (tertiary/aromatic N) is 1. The van der Waals surface area contributed by atoms with Crippen molar-refractivity contribution >= 4 is 5.91 Å². The highest BCUT2D eigenvalue weighted by atomic mass is 16.5. The van der Waals surface area contributed by atoms with Crippen LogP contribution < -0.4 is 5.32 Å². The smallest absolute Gasteiger partial charge is 0.224 e. The summed E-state index contributed by atoms with van der Waals surface area (Å²) < 4.78 is 5.32. The van der Waals surface area contributed by atoms with E-state index in [1.54, 1.807) is 0 Å². The summed E-state index contributed by atoms with van der Waals surface area (Å²) in [7, 11) is 0. The molecule has 2 N–H and O–H groups in total. The molecule has 2 aliphatic rings. The third kappa shape index (κ3) is 2.72. The maximum Gasteiger partial charge on any atom is 0.224 e. The lowest BCUT2D eigenvalue weighted by atomic mass is 10.1. The van der Waals surface area contributed by atoms with E-state index in [9.17, 15) is 4.79 Å². The number of morpholine rings is 1. The van der Waals surface area contributed by atoms with Gasteiger partial charge in [-0.1, -0.05) is 0 Å². The van der Waals surface area contributed by atoms with Crippen LogP contribution in [-0.2, 0) is 9.53 Å². The fourth-order valence-electron chi connectivity index (χ4n) is 2.43. The Morgan fingerprint density at radius 3 is 3.12 bits per heavy atom. The minimum absolute atomic E-state index is 0.0389. The Labute approximate surface area is 95.8 Å². The van der Waals surface area contributed by atoms with Gasteiger partial charge in [0.2, 0.25) is 5.91 Å². The van der Waals surface area contributed by atoms with Crippen molar-refractivity contribution in [1.82, 2.24) is 10.2 Å². The minimum atomic E-state index is 0.0389. The Kier molecular flexibility index (Phi) is 4.15. The number of carbonyl (C=O) groups is 1. The summed E-state index contributed by atoms with van der Waals surface area (Å²) in [6, 6.07) is 0.179. The molecule has 0 saturated carbocycles. The number of rotatable bonds is 3. The molecule has 16 heavy (non-hydrogen) atoms. The molecule has 2 atom stereocenters. The van der Waals surface area contributed by atoms with Crippen LogP contribution in [0.2, 0.25) is 0 Å². The topological polar surface area (TPSA) is 61.8 Å². The van der Waals surface area contributed by atoms with Crippen LogP contribution >= 0.6 is 0 Å². The highest BCUT2D eigenvalue weighted by Crippen LogP contribution is 2.18. The largest absolute Gasteiger partial charge is 0.394 e. The number of likely N-dealkylation sites (tertiary alicyclic amines) is 1. The summed E-state index contributed by atoms with van der Waals surface area (Å²) in [5.41, 5.74) is 0. The average molecular weight is 228 g/mol. The number of aliphatic hydroxyl groups is 1. The van der Waals surface area contributed by atoms with Crippen LogP contribution in [0.25, 0.3) is 0 Å². The number of hydrogen-bond acceptors (Lipinski definition) is 4. The van der Waals surface area contributed by atoms with E-state index in [4.69, 9.17) is 9.84 Å². The maximum atomic E-state index is 12.0. The lowest BCUT2D eigenvalue weighted by Gasteiger charge is -2.28. The second-order valence-electron chi connectivity index (χ2n) is 4.50. The van der Waals surface area contributed by atoms with Crippen LogP contribution in [0.3, 0.4) is 0 Å². The van der Waals surface area contributed by atoms with Crippen LogP contribution in [0.15, 0.2) is 0 Å². The number of aliphatic hydroxyl groups excluding tert-OH is 1. The lowest BCUT2D eigenvalue weighted by Crippen LogP contribution is -2.46. The number of amides is 1. The molecular weight excluding hydrogens is 208 g/mol.